The number of aryl methyl sites for hydroxylation is 3. The molecule has 0 aliphatic carbocycles. The molecule has 0 unspecified atom stereocenters. The van der Waals surface area contributed by atoms with E-state index in [0.29, 0.717) is 28.5 Å². The number of hydrogen-bond acceptors (Lipinski definition) is 9. The fraction of sp³-hybridized carbons (Fsp3) is 0.412. The number of carboxylic acids is 1. The minimum atomic E-state index is -1.15. The maximum absolute atomic E-state index is 12.7. The summed E-state index contributed by atoms with van der Waals surface area (Å²) in [6.07, 6.45) is 0. The topological polar surface area (TPSA) is 130 Å². The van der Waals surface area contributed by atoms with E-state index in [4.69, 9.17) is 0 Å². The summed E-state index contributed by atoms with van der Waals surface area (Å²) in [7, 11) is 1.65. The summed E-state index contributed by atoms with van der Waals surface area (Å²) in [5.41, 5.74) is 1.69. The molecule has 0 radical (unpaired) electrons. The van der Waals surface area contributed by atoms with Gasteiger partial charge in [-0.15, -0.1) is 22.0 Å². The quantitative estimate of drug-likeness (QED) is 0.473. The molecule has 0 saturated carbocycles. The molecule has 2 amide bonds. The number of nitrogens with one attached hydrogen (secondary N) is 1. The van der Waals surface area contributed by atoms with Crippen LogP contribution in [-0.4, -0.2) is 70.7 Å². The molecule has 2 aliphatic rings. The van der Waals surface area contributed by atoms with Crippen LogP contribution in [0, 0.1) is 13.8 Å². The molecule has 1 fully saturated rings. The Morgan fingerprint density at radius 2 is 2.13 bits per heavy atom. The van der Waals surface area contributed by atoms with Crippen LogP contribution in [0.1, 0.15) is 21.2 Å². The number of amides is 2. The van der Waals surface area contributed by atoms with Crippen molar-refractivity contribution in [1.29, 1.82) is 0 Å². The van der Waals surface area contributed by atoms with E-state index < -0.39 is 29.2 Å². The SMILES string of the molecule is Cc1cc(C(=O)N[C@@H]2C(=O)N3C(C(=O)O)=C(CSc4nnc(C)s4)CS[C@@H]23)n(C)n1. The van der Waals surface area contributed by atoms with Crippen molar-refractivity contribution in [3.05, 3.63) is 33.7 Å². The highest BCUT2D eigenvalue weighted by atomic mass is 32.2. The van der Waals surface area contributed by atoms with E-state index >= 15 is 0 Å². The number of rotatable bonds is 6. The highest BCUT2D eigenvalue weighted by molar-refractivity contribution is 8.01. The minimum Gasteiger partial charge on any atom is -0.477 e. The van der Waals surface area contributed by atoms with E-state index in [9.17, 15) is 19.5 Å². The highest BCUT2D eigenvalue weighted by Gasteiger charge is 2.54. The number of carboxylic acid groups (broad SMARTS) is 1. The molecule has 30 heavy (non-hydrogen) atoms. The highest BCUT2D eigenvalue weighted by Crippen LogP contribution is 2.41. The van der Waals surface area contributed by atoms with Gasteiger partial charge in [0, 0.05) is 18.6 Å². The standard InChI is InChI=1S/C17H18N6O4S3/c1-7-4-10(22(3)21-7)13(24)18-11-14(25)23-12(16(26)27)9(5-28-15(11)23)6-29-17-20-19-8(2)30-17/h4,11,15H,5-6H2,1-3H3,(H,18,24)(H,26,27)/t11-,15+/m1/s1. The lowest BCUT2D eigenvalue weighted by Gasteiger charge is -2.49. The first-order valence-corrected chi connectivity index (χ1v) is 11.8. The number of thioether (sulfide) groups is 2. The average Bonchev–Trinajstić information content (AvgIpc) is 3.27. The molecule has 1 saturated heterocycles. The molecule has 2 aromatic rings. The zero-order valence-electron chi connectivity index (χ0n) is 16.3. The number of nitrogens with zero attached hydrogens (tertiary/aromatic N) is 5. The summed E-state index contributed by atoms with van der Waals surface area (Å²) < 4.78 is 2.20. The van der Waals surface area contributed by atoms with Gasteiger partial charge in [-0.3, -0.25) is 19.2 Å². The first-order chi connectivity index (χ1) is 14.3. The maximum atomic E-state index is 12.7. The van der Waals surface area contributed by atoms with Crippen LogP contribution in [0.15, 0.2) is 21.7 Å². The van der Waals surface area contributed by atoms with Crippen LogP contribution in [0.3, 0.4) is 0 Å². The molecular formula is C17H18N6O4S3. The van der Waals surface area contributed by atoms with E-state index in [1.165, 1.54) is 44.4 Å². The number of fused-ring (bicyclic) bond motifs is 1. The molecule has 0 spiro atoms. The largest absolute Gasteiger partial charge is 0.477 e. The zero-order chi connectivity index (χ0) is 21.6. The van der Waals surface area contributed by atoms with Gasteiger partial charge in [0.15, 0.2) is 4.34 Å². The Morgan fingerprint density at radius 1 is 1.37 bits per heavy atom. The van der Waals surface area contributed by atoms with Gasteiger partial charge < -0.3 is 10.4 Å². The molecule has 0 aromatic carbocycles. The number of aliphatic carboxylic acids is 1. The van der Waals surface area contributed by atoms with Gasteiger partial charge in [0.1, 0.15) is 27.8 Å². The second kappa shape index (κ2) is 8.04. The monoisotopic (exact) mass is 466 g/mol. The average molecular weight is 467 g/mol. The summed E-state index contributed by atoms with van der Waals surface area (Å²) in [6, 6.07) is 0.865. The molecule has 10 nitrogen and oxygen atoms in total. The van der Waals surface area contributed by atoms with Crippen molar-refractivity contribution in [2.45, 2.75) is 29.6 Å². The van der Waals surface area contributed by atoms with Gasteiger partial charge in [-0.05, 0) is 25.5 Å². The molecule has 4 heterocycles. The van der Waals surface area contributed by atoms with Crippen LogP contribution >= 0.6 is 34.9 Å². The van der Waals surface area contributed by atoms with Crippen LogP contribution in [0.2, 0.25) is 0 Å². The lowest BCUT2D eigenvalue weighted by molar-refractivity contribution is -0.148. The van der Waals surface area contributed by atoms with Gasteiger partial charge in [-0.1, -0.05) is 23.1 Å². The fourth-order valence-corrected chi connectivity index (χ4v) is 6.62. The predicted molar refractivity (Wildman–Crippen MR) is 112 cm³/mol. The van der Waals surface area contributed by atoms with E-state index in [1.807, 2.05) is 6.92 Å². The Kier molecular flexibility index (Phi) is 5.59. The maximum Gasteiger partial charge on any atom is 0.352 e. The molecular weight excluding hydrogens is 448 g/mol. The van der Waals surface area contributed by atoms with Gasteiger partial charge in [0.2, 0.25) is 0 Å². The van der Waals surface area contributed by atoms with Crippen molar-refractivity contribution >= 4 is 52.6 Å². The zero-order valence-corrected chi connectivity index (χ0v) is 18.7. The molecule has 2 N–H and O–H groups in total. The molecule has 13 heteroatoms. The lowest BCUT2D eigenvalue weighted by atomic mass is 10.0. The van der Waals surface area contributed by atoms with Crippen molar-refractivity contribution < 1.29 is 19.5 Å². The van der Waals surface area contributed by atoms with E-state index in [0.717, 1.165) is 9.35 Å². The Hall–Kier alpha value is -2.38. The van der Waals surface area contributed by atoms with Gasteiger partial charge in [0.05, 0.1) is 5.69 Å². The third-order valence-electron chi connectivity index (χ3n) is 4.65. The summed E-state index contributed by atoms with van der Waals surface area (Å²) in [6.45, 7) is 3.63. The normalized spacial score (nSPS) is 20.8. The number of carbonyl (C=O) groups excluding carboxylic acids is 2. The summed E-state index contributed by atoms with van der Waals surface area (Å²) in [5, 5.41) is 25.0. The van der Waals surface area contributed by atoms with E-state index in [2.05, 4.69) is 20.6 Å². The number of β-lactam (4-membered cyclic amide) rings is 1. The summed E-state index contributed by atoms with van der Waals surface area (Å²) in [4.78, 5) is 38.5. The fourth-order valence-electron chi connectivity index (χ4n) is 3.32. The second-order valence-electron chi connectivity index (χ2n) is 6.79. The van der Waals surface area contributed by atoms with Crippen molar-refractivity contribution in [3.63, 3.8) is 0 Å². The Balaban J connectivity index is 1.49. The first-order valence-electron chi connectivity index (χ1n) is 8.90. The minimum absolute atomic E-state index is 0.000589. The first kappa shape index (κ1) is 20.9. The van der Waals surface area contributed by atoms with Crippen LogP contribution in [0.5, 0.6) is 0 Å². The third-order valence-corrected chi connectivity index (χ3v) is 8.05. The van der Waals surface area contributed by atoms with Crippen LogP contribution in [-0.2, 0) is 16.6 Å². The molecule has 0 bridgehead atoms. The predicted octanol–water partition coefficient (Wildman–Crippen LogP) is 1.03. The molecule has 4 rings (SSSR count). The van der Waals surface area contributed by atoms with Crippen LogP contribution in [0.4, 0.5) is 0 Å². The number of aromatic nitrogens is 4. The summed E-state index contributed by atoms with van der Waals surface area (Å²) >= 11 is 4.28. The summed E-state index contributed by atoms with van der Waals surface area (Å²) in [5.74, 6) is -1.12. The third kappa shape index (κ3) is 3.72. The van der Waals surface area contributed by atoms with Crippen molar-refractivity contribution in [2.24, 2.45) is 7.05 Å². The molecule has 158 valence electrons. The van der Waals surface area contributed by atoms with E-state index in [-0.39, 0.29) is 5.70 Å². The number of carbonyl (C=O) groups is 3. The van der Waals surface area contributed by atoms with Gasteiger partial charge in [0.25, 0.3) is 11.8 Å². The second-order valence-corrected chi connectivity index (χ2v) is 10.3. The van der Waals surface area contributed by atoms with Crippen molar-refractivity contribution in [2.75, 3.05) is 11.5 Å². The Bertz CT molecular complexity index is 1080. The van der Waals surface area contributed by atoms with Crippen molar-refractivity contribution in [3.8, 4) is 0 Å². The van der Waals surface area contributed by atoms with Crippen LogP contribution in [0.25, 0.3) is 0 Å². The molecule has 2 aromatic heterocycles. The van der Waals surface area contributed by atoms with Gasteiger partial charge in [-0.25, -0.2) is 4.79 Å². The van der Waals surface area contributed by atoms with E-state index in [1.54, 1.807) is 20.0 Å². The lowest BCUT2D eigenvalue weighted by Crippen LogP contribution is -2.70. The van der Waals surface area contributed by atoms with Crippen molar-refractivity contribution in [1.82, 2.24) is 30.2 Å². The molecule has 2 aliphatic heterocycles. The Morgan fingerprint density at radius 3 is 2.73 bits per heavy atom. The van der Waals surface area contributed by atoms with Crippen LogP contribution < -0.4 is 5.32 Å². The van der Waals surface area contributed by atoms with Gasteiger partial charge in [-0.2, -0.15) is 5.10 Å². The Labute approximate surface area is 184 Å². The molecule has 2 atom stereocenters. The number of hydrogen-bond donors (Lipinski definition) is 2. The smallest absolute Gasteiger partial charge is 0.352 e. The van der Waals surface area contributed by atoms with Gasteiger partial charge >= 0.3 is 5.97 Å².